The third-order valence-corrected chi connectivity index (χ3v) is 5.08. The summed E-state index contributed by atoms with van der Waals surface area (Å²) in [5.41, 5.74) is 0. The largest absolute Gasteiger partial charge is 0.379 e. The number of aromatic nitrogens is 3. The first-order valence-corrected chi connectivity index (χ1v) is 9.15. The average molecular weight is 350 g/mol. The Morgan fingerprint density at radius 3 is 2.68 bits per heavy atom. The lowest BCUT2D eigenvalue weighted by molar-refractivity contribution is -0.123. The Morgan fingerprint density at radius 1 is 1.28 bits per heavy atom. The van der Waals surface area contributed by atoms with Crippen LogP contribution in [0.1, 0.15) is 36.8 Å². The van der Waals surface area contributed by atoms with Crippen molar-refractivity contribution >= 4 is 5.91 Å². The number of morpholine rings is 1. The van der Waals surface area contributed by atoms with Gasteiger partial charge in [-0.3, -0.25) is 9.69 Å². The lowest BCUT2D eigenvalue weighted by Gasteiger charge is -2.35. The van der Waals surface area contributed by atoms with E-state index in [0.717, 1.165) is 63.9 Å². The Hall–Kier alpha value is -1.51. The molecule has 0 spiro atoms. The molecule has 2 heterocycles. The molecule has 1 aromatic rings. The summed E-state index contributed by atoms with van der Waals surface area (Å²) < 4.78 is 7.42. The van der Waals surface area contributed by atoms with Gasteiger partial charge >= 0.3 is 0 Å². The molecular formula is C17H30N6O2. The Kier molecular flexibility index (Phi) is 6.03. The smallest absolute Gasteiger partial charge is 0.221 e. The number of hydrogen-bond donors (Lipinski definition) is 1. The van der Waals surface area contributed by atoms with Crippen molar-refractivity contribution in [2.45, 2.75) is 37.8 Å². The van der Waals surface area contributed by atoms with Gasteiger partial charge in [0.1, 0.15) is 11.6 Å². The number of hydrogen-bond acceptors (Lipinski definition) is 6. The van der Waals surface area contributed by atoms with Crippen molar-refractivity contribution in [3.05, 3.63) is 11.6 Å². The second-order valence-corrected chi connectivity index (χ2v) is 7.41. The molecule has 1 aromatic heterocycles. The maximum atomic E-state index is 12.1. The predicted molar refractivity (Wildman–Crippen MR) is 94.2 cm³/mol. The molecular weight excluding hydrogens is 320 g/mol. The van der Waals surface area contributed by atoms with Crippen molar-refractivity contribution in [2.75, 3.05) is 46.9 Å². The molecule has 2 fully saturated rings. The van der Waals surface area contributed by atoms with Gasteiger partial charge in [-0.2, -0.15) is 0 Å². The highest BCUT2D eigenvalue weighted by Crippen LogP contribution is 2.35. The topological polar surface area (TPSA) is 75.5 Å². The van der Waals surface area contributed by atoms with E-state index >= 15 is 0 Å². The van der Waals surface area contributed by atoms with Crippen LogP contribution in [0.5, 0.6) is 0 Å². The molecule has 0 radical (unpaired) electrons. The monoisotopic (exact) mass is 350 g/mol. The summed E-state index contributed by atoms with van der Waals surface area (Å²) in [5, 5.41) is 11.8. The van der Waals surface area contributed by atoms with Crippen LogP contribution in [0.15, 0.2) is 0 Å². The molecule has 1 N–H and O–H groups in total. The number of nitrogens with zero attached hydrogens (tertiary/aromatic N) is 5. The van der Waals surface area contributed by atoms with Gasteiger partial charge in [0.05, 0.1) is 19.8 Å². The van der Waals surface area contributed by atoms with E-state index in [1.807, 2.05) is 21.1 Å². The van der Waals surface area contributed by atoms with Gasteiger partial charge < -0.3 is 19.5 Å². The highest BCUT2D eigenvalue weighted by Gasteiger charge is 2.34. The number of carbonyl (C=O) groups is 1. The van der Waals surface area contributed by atoms with E-state index < -0.39 is 0 Å². The summed E-state index contributed by atoms with van der Waals surface area (Å²) >= 11 is 0. The second kappa shape index (κ2) is 8.25. The van der Waals surface area contributed by atoms with Gasteiger partial charge in [0.2, 0.25) is 5.91 Å². The number of rotatable bonds is 7. The maximum absolute atomic E-state index is 12.1. The van der Waals surface area contributed by atoms with Crippen molar-refractivity contribution in [1.82, 2.24) is 29.9 Å². The molecule has 1 saturated carbocycles. The molecule has 2 aliphatic rings. The van der Waals surface area contributed by atoms with Crippen molar-refractivity contribution in [3.8, 4) is 0 Å². The molecule has 0 bridgehead atoms. The van der Waals surface area contributed by atoms with E-state index in [4.69, 9.17) is 4.74 Å². The van der Waals surface area contributed by atoms with Crippen molar-refractivity contribution < 1.29 is 9.53 Å². The summed E-state index contributed by atoms with van der Waals surface area (Å²) in [6, 6.07) is 0.274. The van der Waals surface area contributed by atoms with Crippen LogP contribution in [-0.4, -0.2) is 83.5 Å². The molecule has 1 aliphatic carbocycles. The van der Waals surface area contributed by atoms with Crippen LogP contribution in [-0.2, 0) is 23.1 Å². The minimum absolute atomic E-state index is 0.154. The molecule has 8 nitrogen and oxygen atoms in total. The molecule has 1 aliphatic heterocycles. The van der Waals surface area contributed by atoms with Gasteiger partial charge in [0, 0.05) is 45.1 Å². The normalized spacial score (nSPS) is 24.3. The van der Waals surface area contributed by atoms with Crippen LogP contribution >= 0.6 is 0 Å². The van der Waals surface area contributed by atoms with Crippen molar-refractivity contribution in [3.63, 3.8) is 0 Å². The zero-order chi connectivity index (χ0) is 17.8. The van der Waals surface area contributed by atoms with Gasteiger partial charge in [-0.1, -0.05) is 0 Å². The number of carbonyl (C=O) groups excluding carboxylic acids is 1. The Labute approximate surface area is 149 Å². The fourth-order valence-corrected chi connectivity index (χ4v) is 3.48. The van der Waals surface area contributed by atoms with E-state index in [-0.39, 0.29) is 11.9 Å². The molecule has 25 heavy (non-hydrogen) atoms. The first-order chi connectivity index (χ1) is 12.0. The van der Waals surface area contributed by atoms with E-state index in [1.165, 1.54) is 0 Å². The third kappa shape index (κ3) is 4.77. The predicted octanol–water partition coefficient (Wildman–Crippen LogP) is -0.0388. The van der Waals surface area contributed by atoms with Crippen molar-refractivity contribution in [1.29, 1.82) is 0 Å². The third-order valence-electron chi connectivity index (χ3n) is 5.08. The van der Waals surface area contributed by atoms with Crippen LogP contribution in [0.3, 0.4) is 0 Å². The van der Waals surface area contributed by atoms with E-state index in [2.05, 4.69) is 29.9 Å². The zero-order valence-corrected chi connectivity index (χ0v) is 15.6. The fraction of sp³-hybridized carbons (Fsp3) is 0.824. The summed E-state index contributed by atoms with van der Waals surface area (Å²) in [6.07, 6.45) is 2.48. The molecule has 0 aromatic carbocycles. The quantitative estimate of drug-likeness (QED) is 0.744. The lowest BCUT2D eigenvalue weighted by Crippen LogP contribution is -2.45. The van der Waals surface area contributed by atoms with Gasteiger partial charge in [-0.15, -0.1) is 10.2 Å². The number of amides is 1. The maximum Gasteiger partial charge on any atom is 0.221 e. The van der Waals surface area contributed by atoms with Crippen LogP contribution in [0, 0.1) is 0 Å². The van der Waals surface area contributed by atoms with E-state index in [9.17, 15) is 4.79 Å². The second-order valence-electron chi connectivity index (χ2n) is 7.41. The van der Waals surface area contributed by atoms with Crippen LogP contribution in [0.2, 0.25) is 0 Å². The molecule has 3 rings (SSSR count). The van der Waals surface area contributed by atoms with Crippen molar-refractivity contribution in [2.24, 2.45) is 7.05 Å². The minimum atomic E-state index is 0.154. The number of ether oxygens (including phenoxy) is 1. The minimum Gasteiger partial charge on any atom is -0.379 e. The van der Waals surface area contributed by atoms with E-state index in [1.54, 1.807) is 0 Å². The van der Waals surface area contributed by atoms with Gasteiger partial charge in [0.25, 0.3) is 0 Å². The fourth-order valence-electron chi connectivity index (χ4n) is 3.48. The van der Waals surface area contributed by atoms with Crippen LogP contribution in [0.25, 0.3) is 0 Å². The number of nitrogens with one attached hydrogen (secondary N) is 1. The zero-order valence-electron chi connectivity index (χ0n) is 15.6. The van der Waals surface area contributed by atoms with Crippen LogP contribution < -0.4 is 5.32 Å². The summed E-state index contributed by atoms with van der Waals surface area (Å²) in [6.45, 7) is 5.03. The SMILES string of the molecule is CN(C)Cc1nnc(C2CC(NC(=O)CCN3CCOCC3)C2)n1C. The lowest BCUT2D eigenvalue weighted by atomic mass is 9.79. The first-order valence-electron chi connectivity index (χ1n) is 9.15. The Balaban J connectivity index is 1.39. The highest BCUT2D eigenvalue weighted by atomic mass is 16.5. The summed E-state index contributed by atoms with van der Waals surface area (Å²) in [5.74, 6) is 2.58. The summed E-state index contributed by atoms with van der Waals surface area (Å²) in [4.78, 5) is 16.5. The molecule has 1 saturated heterocycles. The first kappa shape index (κ1) is 18.3. The molecule has 0 unspecified atom stereocenters. The molecule has 140 valence electrons. The summed E-state index contributed by atoms with van der Waals surface area (Å²) in [7, 11) is 6.09. The average Bonchev–Trinajstić information content (AvgIpc) is 2.89. The molecule has 1 amide bonds. The highest BCUT2D eigenvalue weighted by molar-refractivity contribution is 5.76. The Bertz CT molecular complexity index is 576. The standard InChI is InChI=1S/C17H30N6O2/c1-21(2)12-15-19-20-17(22(15)3)13-10-14(11-13)18-16(24)4-5-23-6-8-25-9-7-23/h13-14H,4-12H2,1-3H3,(H,18,24). The van der Waals surface area contributed by atoms with Gasteiger partial charge in [0.15, 0.2) is 0 Å². The van der Waals surface area contributed by atoms with E-state index in [0.29, 0.717) is 12.3 Å². The molecule has 0 atom stereocenters. The Morgan fingerprint density at radius 2 is 2.00 bits per heavy atom. The van der Waals surface area contributed by atoms with Gasteiger partial charge in [-0.25, -0.2) is 0 Å². The molecule has 8 heteroatoms. The van der Waals surface area contributed by atoms with Crippen LogP contribution in [0.4, 0.5) is 0 Å². The van der Waals surface area contributed by atoms with Gasteiger partial charge in [-0.05, 0) is 26.9 Å².